The fourth-order valence-electron chi connectivity index (χ4n) is 0. The predicted molar refractivity (Wildman–Crippen MR) is 0 cm³/mol. The molecule has 2 radical (unpaired) electrons. The number of hydrogen-bond acceptors (Lipinski definition) is 0. The standard InChI is InChI=1S/Cr.Mo.Nb.Ni.V. The monoisotopic (exact) mass is 352 g/mol. The van der Waals surface area contributed by atoms with E-state index in [4.69, 9.17) is 0 Å². The molecular weight excluding hydrogens is 350 g/mol. The van der Waals surface area contributed by atoms with Gasteiger partial charge in [-0.1, -0.05) is 0 Å². The van der Waals surface area contributed by atoms with Crippen LogP contribution in [-0.4, -0.2) is 0 Å². The molecule has 5 heavy (non-hydrogen) atoms. The fourth-order valence-corrected chi connectivity index (χ4v) is 0. The van der Waals surface area contributed by atoms with Gasteiger partial charge in [0.25, 0.3) is 0 Å². The van der Waals surface area contributed by atoms with Crippen LogP contribution in [0.5, 0.6) is 0 Å². The van der Waals surface area contributed by atoms with Crippen molar-refractivity contribution >= 4 is 0 Å². The van der Waals surface area contributed by atoms with Crippen molar-refractivity contribution in [1.82, 2.24) is 0 Å². The third-order valence-electron chi connectivity index (χ3n) is 0. The van der Waals surface area contributed by atoms with Gasteiger partial charge in [-0.25, -0.2) is 0 Å². The maximum atomic E-state index is 0. The molecule has 0 heterocycles. The second-order valence-corrected chi connectivity index (χ2v) is 0. The molecule has 0 aromatic heterocycles. The van der Waals surface area contributed by atoms with Crippen LogP contribution in [0, 0.1) is 0 Å². The largest absolute Gasteiger partial charge is 0 e. The van der Waals surface area contributed by atoms with Gasteiger partial charge < -0.3 is 0 Å². The van der Waals surface area contributed by atoms with Gasteiger partial charge in [-0.2, -0.15) is 0 Å². The second kappa shape index (κ2) is 27.8. The molecule has 0 atom stereocenters. The maximum absolute atomic E-state index is 0. The molecule has 0 aliphatic carbocycles. The predicted octanol–water partition coefficient (Wildman–Crippen LogP) is -0.0125. The van der Waals surface area contributed by atoms with Gasteiger partial charge in [-0.3, -0.25) is 0 Å². The quantitative estimate of drug-likeness (QED) is 0.539. The molecule has 0 bridgehead atoms. The van der Waals surface area contributed by atoms with Crippen LogP contribution >= 0.6 is 0 Å². The summed E-state index contributed by atoms with van der Waals surface area (Å²) in [6.07, 6.45) is 0. The van der Waals surface area contributed by atoms with Crippen LogP contribution in [0.25, 0.3) is 0 Å². The van der Waals surface area contributed by atoms with Crippen molar-refractivity contribution in [3.05, 3.63) is 0 Å². The van der Waals surface area contributed by atoms with Crippen molar-refractivity contribution in [3.8, 4) is 0 Å². The van der Waals surface area contributed by atoms with Gasteiger partial charge in [0, 0.05) is 95.9 Å². The minimum Gasteiger partial charge on any atom is 0 e. The minimum atomic E-state index is 0. The number of hydrogen-bond donors (Lipinski definition) is 0. The Labute approximate surface area is 94.3 Å². The van der Waals surface area contributed by atoms with Crippen molar-refractivity contribution in [2.24, 2.45) is 0 Å². The summed E-state index contributed by atoms with van der Waals surface area (Å²) in [4.78, 5) is 0. The van der Waals surface area contributed by atoms with E-state index >= 15 is 0 Å². The first-order chi connectivity index (χ1) is 0. The van der Waals surface area contributed by atoms with Crippen molar-refractivity contribution in [2.75, 3.05) is 0 Å². The molecule has 0 aliphatic rings. The molecule has 0 fully saturated rings. The van der Waals surface area contributed by atoms with E-state index in [0.717, 1.165) is 0 Å². The molecule has 0 aromatic carbocycles. The zero-order valence-corrected chi connectivity index (χ0v) is 9.89. The van der Waals surface area contributed by atoms with Crippen LogP contribution < -0.4 is 0 Å². The van der Waals surface area contributed by atoms with Crippen LogP contribution in [-0.2, 0) is 95.9 Å². The van der Waals surface area contributed by atoms with Gasteiger partial charge in [0.05, 0.1) is 0 Å². The van der Waals surface area contributed by atoms with Gasteiger partial charge >= 0.3 is 0 Å². The molecule has 0 N–H and O–H groups in total. The van der Waals surface area contributed by atoms with Crippen molar-refractivity contribution in [3.63, 3.8) is 0 Å². The molecule has 0 saturated heterocycles. The molecule has 0 rings (SSSR count). The van der Waals surface area contributed by atoms with Crippen LogP contribution in [0.15, 0.2) is 0 Å². The SMILES string of the molecule is [Cr].[Mo].[Nb].[Ni].[V]. The Morgan fingerprint density at radius 1 is 1.00 bits per heavy atom. The minimum absolute atomic E-state index is 0. The summed E-state index contributed by atoms with van der Waals surface area (Å²) in [6.45, 7) is 0. The Kier molecular flexibility index (Phi) is 240. The van der Waals surface area contributed by atoms with Crippen LogP contribution in [0.4, 0.5) is 0 Å². The van der Waals surface area contributed by atoms with Gasteiger partial charge in [0.1, 0.15) is 0 Å². The first kappa shape index (κ1) is 43.1. The van der Waals surface area contributed by atoms with Crippen molar-refractivity contribution in [1.29, 1.82) is 0 Å². The normalized spacial score (nSPS) is 0. The van der Waals surface area contributed by atoms with Crippen molar-refractivity contribution < 1.29 is 95.9 Å². The van der Waals surface area contributed by atoms with Crippen LogP contribution in [0.2, 0.25) is 0 Å². The zero-order valence-electron chi connectivity index (χ0n) is 2.03. The van der Waals surface area contributed by atoms with E-state index < -0.39 is 0 Å². The third kappa shape index (κ3) is 19.4. The number of rotatable bonds is 0. The summed E-state index contributed by atoms with van der Waals surface area (Å²) in [5.74, 6) is 0. The summed E-state index contributed by atoms with van der Waals surface area (Å²) in [5, 5.41) is 0. The smallest absolute Gasteiger partial charge is 0 e. The molecule has 0 unspecified atom stereocenters. The molecular formula is CrMoNbNiV. The first-order valence-corrected chi connectivity index (χ1v) is 0. The average molecular weight is 350 g/mol. The molecule has 0 aromatic rings. The first-order valence-electron chi connectivity index (χ1n) is 0. The molecule has 0 nitrogen and oxygen atoms in total. The Morgan fingerprint density at radius 2 is 1.00 bits per heavy atom. The van der Waals surface area contributed by atoms with Gasteiger partial charge in [0.15, 0.2) is 0 Å². The Morgan fingerprint density at radius 3 is 1.00 bits per heavy atom. The van der Waals surface area contributed by atoms with Crippen LogP contribution in [0.1, 0.15) is 0 Å². The summed E-state index contributed by atoms with van der Waals surface area (Å²) in [5.41, 5.74) is 0. The van der Waals surface area contributed by atoms with E-state index in [1.54, 1.807) is 0 Å². The Balaban J connectivity index is 0. The summed E-state index contributed by atoms with van der Waals surface area (Å²) in [7, 11) is 0. The van der Waals surface area contributed by atoms with E-state index in [2.05, 4.69) is 0 Å². The summed E-state index contributed by atoms with van der Waals surface area (Å²) in [6, 6.07) is 0. The Hall–Kier alpha value is 3.04. The zero-order chi connectivity index (χ0) is 0. The maximum Gasteiger partial charge on any atom is 0 e. The second-order valence-electron chi connectivity index (χ2n) is 0. The van der Waals surface area contributed by atoms with Gasteiger partial charge in [-0.05, 0) is 0 Å². The van der Waals surface area contributed by atoms with Gasteiger partial charge in [0.2, 0.25) is 0 Å². The molecule has 32 valence electrons. The topological polar surface area (TPSA) is 0 Å². The van der Waals surface area contributed by atoms with Gasteiger partial charge in [-0.15, -0.1) is 0 Å². The summed E-state index contributed by atoms with van der Waals surface area (Å²) >= 11 is 0. The van der Waals surface area contributed by atoms with E-state index in [0.29, 0.717) is 0 Å². The Bertz CT molecular complexity index is 11.6. The molecule has 5 heteroatoms. The van der Waals surface area contributed by atoms with E-state index in [1.165, 1.54) is 0 Å². The molecule has 0 amide bonds. The molecule has 0 aliphatic heterocycles. The summed E-state index contributed by atoms with van der Waals surface area (Å²) < 4.78 is 0. The fraction of sp³-hybridized carbons (Fsp3) is 0. The van der Waals surface area contributed by atoms with Crippen LogP contribution in [0.3, 0.4) is 0 Å². The van der Waals surface area contributed by atoms with E-state index in [-0.39, 0.29) is 95.9 Å². The van der Waals surface area contributed by atoms with E-state index in [1.807, 2.05) is 0 Å². The van der Waals surface area contributed by atoms with Crippen molar-refractivity contribution in [2.45, 2.75) is 0 Å². The van der Waals surface area contributed by atoms with E-state index in [9.17, 15) is 0 Å². The average Bonchev–Trinajstić information content (AvgIpc) is 0. The third-order valence-corrected chi connectivity index (χ3v) is 0. The molecule has 0 saturated carbocycles. The molecule has 0 spiro atoms.